The van der Waals surface area contributed by atoms with Crippen molar-refractivity contribution in [3.05, 3.63) is 11.3 Å². The second-order valence-corrected chi connectivity index (χ2v) is 5.62. The molecule has 0 spiro atoms. The van der Waals surface area contributed by atoms with Gasteiger partial charge in [0, 0.05) is 13.0 Å². The van der Waals surface area contributed by atoms with E-state index < -0.39 is 23.4 Å². The minimum Gasteiger partial charge on any atom is -0.501 e. The van der Waals surface area contributed by atoms with E-state index in [9.17, 15) is 19.5 Å². The predicted molar refractivity (Wildman–Crippen MR) is 73.7 cm³/mol. The number of aliphatic hydroxyl groups excluding tert-OH is 1. The SMILES string of the molecule is CCOC(=O)/C(O)=C1/CN(C(=O)OC(C)(C)C)CCC1=O. The lowest BCUT2D eigenvalue weighted by Gasteiger charge is -2.30. The van der Waals surface area contributed by atoms with E-state index in [0.29, 0.717) is 0 Å². The summed E-state index contributed by atoms with van der Waals surface area (Å²) in [6, 6.07) is 0. The summed E-state index contributed by atoms with van der Waals surface area (Å²) in [6.07, 6.45) is -0.568. The molecule has 0 aliphatic carbocycles. The largest absolute Gasteiger partial charge is 0.501 e. The second-order valence-electron chi connectivity index (χ2n) is 5.62. The Balaban J connectivity index is 2.88. The van der Waals surface area contributed by atoms with Crippen molar-refractivity contribution in [2.75, 3.05) is 19.7 Å². The second kappa shape index (κ2) is 6.60. The van der Waals surface area contributed by atoms with E-state index in [2.05, 4.69) is 4.74 Å². The van der Waals surface area contributed by atoms with Crippen molar-refractivity contribution < 1.29 is 29.0 Å². The van der Waals surface area contributed by atoms with Crippen LogP contribution in [-0.4, -0.2) is 53.1 Å². The first-order valence-electron chi connectivity index (χ1n) is 6.76. The molecule has 7 nitrogen and oxygen atoms in total. The topological polar surface area (TPSA) is 93.1 Å². The molecule has 1 rings (SSSR count). The Bertz CT molecular complexity index is 474. The van der Waals surface area contributed by atoms with Gasteiger partial charge in [-0.05, 0) is 27.7 Å². The molecule has 1 aliphatic heterocycles. The van der Waals surface area contributed by atoms with Crippen molar-refractivity contribution in [1.82, 2.24) is 4.90 Å². The number of ether oxygens (including phenoxy) is 2. The molecule has 0 aromatic heterocycles. The molecule has 1 amide bonds. The van der Waals surface area contributed by atoms with Crippen LogP contribution < -0.4 is 0 Å². The first kappa shape index (κ1) is 17.0. The third-order valence-corrected chi connectivity index (χ3v) is 2.70. The molecule has 0 aromatic rings. The van der Waals surface area contributed by atoms with Crippen molar-refractivity contribution in [1.29, 1.82) is 0 Å². The number of esters is 1. The summed E-state index contributed by atoms with van der Waals surface area (Å²) in [5.41, 5.74) is -0.781. The number of likely N-dealkylation sites (tertiary alicyclic amines) is 1. The smallest absolute Gasteiger partial charge is 0.410 e. The highest BCUT2D eigenvalue weighted by Gasteiger charge is 2.32. The number of Topliss-reactive ketones (excluding diaryl/α,β-unsaturated/α-hetero) is 1. The number of hydrogen-bond acceptors (Lipinski definition) is 6. The summed E-state index contributed by atoms with van der Waals surface area (Å²) in [5, 5.41) is 9.78. The number of rotatable bonds is 2. The lowest BCUT2D eigenvalue weighted by molar-refractivity contribution is -0.142. The Kier molecular flexibility index (Phi) is 5.34. The monoisotopic (exact) mass is 299 g/mol. The van der Waals surface area contributed by atoms with E-state index in [1.54, 1.807) is 27.7 Å². The Morgan fingerprint density at radius 3 is 2.48 bits per heavy atom. The maximum atomic E-state index is 12.0. The van der Waals surface area contributed by atoms with E-state index in [4.69, 9.17) is 4.74 Å². The van der Waals surface area contributed by atoms with E-state index in [1.165, 1.54) is 4.90 Å². The zero-order chi connectivity index (χ0) is 16.2. The number of piperidine rings is 1. The van der Waals surface area contributed by atoms with Crippen LogP contribution in [0, 0.1) is 0 Å². The molecular weight excluding hydrogens is 278 g/mol. The Labute approximate surface area is 123 Å². The maximum Gasteiger partial charge on any atom is 0.410 e. The van der Waals surface area contributed by atoms with Crippen molar-refractivity contribution in [3.8, 4) is 0 Å². The van der Waals surface area contributed by atoms with E-state index in [0.717, 1.165) is 0 Å². The summed E-state index contributed by atoms with van der Waals surface area (Å²) in [6.45, 7) is 6.88. The molecule has 0 bridgehead atoms. The maximum absolute atomic E-state index is 12.0. The number of amides is 1. The molecule has 7 heteroatoms. The van der Waals surface area contributed by atoms with Gasteiger partial charge in [0.1, 0.15) is 5.60 Å². The van der Waals surface area contributed by atoms with E-state index >= 15 is 0 Å². The summed E-state index contributed by atoms with van der Waals surface area (Å²) < 4.78 is 9.85. The van der Waals surface area contributed by atoms with Gasteiger partial charge in [-0.25, -0.2) is 9.59 Å². The van der Waals surface area contributed by atoms with Crippen LogP contribution in [0.4, 0.5) is 4.79 Å². The van der Waals surface area contributed by atoms with Crippen molar-refractivity contribution in [2.24, 2.45) is 0 Å². The van der Waals surface area contributed by atoms with Crippen LogP contribution in [0.15, 0.2) is 11.3 Å². The Morgan fingerprint density at radius 2 is 1.95 bits per heavy atom. The molecule has 1 saturated heterocycles. The first-order valence-corrected chi connectivity index (χ1v) is 6.76. The fraction of sp³-hybridized carbons (Fsp3) is 0.643. The number of hydrogen-bond donors (Lipinski definition) is 1. The molecule has 1 aliphatic rings. The molecule has 21 heavy (non-hydrogen) atoms. The fourth-order valence-electron chi connectivity index (χ4n) is 1.76. The lowest BCUT2D eigenvalue weighted by Crippen LogP contribution is -2.43. The Morgan fingerprint density at radius 1 is 1.33 bits per heavy atom. The molecular formula is C14H21NO6. The highest BCUT2D eigenvalue weighted by molar-refractivity contribution is 6.04. The van der Waals surface area contributed by atoms with Gasteiger partial charge in [0.05, 0.1) is 18.7 Å². The molecule has 0 saturated carbocycles. The van der Waals surface area contributed by atoms with Crippen LogP contribution in [0.2, 0.25) is 0 Å². The normalized spacial score (nSPS) is 18.3. The van der Waals surface area contributed by atoms with Crippen LogP contribution in [-0.2, 0) is 19.1 Å². The van der Waals surface area contributed by atoms with Crippen LogP contribution in [0.25, 0.3) is 0 Å². The molecule has 1 fully saturated rings. The number of carbonyl (C=O) groups is 3. The van der Waals surface area contributed by atoms with Gasteiger partial charge in [-0.1, -0.05) is 0 Å². The summed E-state index contributed by atoms with van der Waals surface area (Å²) in [7, 11) is 0. The zero-order valence-electron chi connectivity index (χ0n) is 12.8. The molecule has 1 N–H and O–H groups in total. The van der Waals surface area contributed by atoms with Crippen molar-refractivity contribution in [3.63, 3.8) is 0 Å². The first-order chi connectivity index (χ1) is 9.65. The number of aliphatic hydroxyl groups is 1. The lowest BCUT2D eigenvalue weighted by atomic mass is 10.0. The predicted octanol–water partition coefficient (Wildman–Crippen LogP) is 1.57. The highest BCUT2D eigenvalue weighted by atomic mass is 16.6. The van der Waals surface area contributed by atoms with Gasteiger partial charge in [0.25, 0.3) is 0 Å². The van der Waals surface area contributed by atoms with Crippen molar-refractivity contribution >= 4 is 17.8 Å². The third kappa shape index (κ3) is 4.77. The Hall–Kier alpha value is -2.05. The van der Waals surface area contributed by atoms with Gasteiger partial charge in [0.2, 0.25) is 5.76 Å². The minimum atomic E-state index is -0.966. The standard InChI is InChI=1S/C14H21NO6/c1-5-20-12(18)11(17)9-8-15(7-6-10(9)16)13(19)21-14(2,3)4/h17H,5-8H2,1-4H3/b11-9+. The number of carbonyl (C=O) groups excluding carboxylic acids is 3. The highest BCUT2D eigenvalue weighted by Crippen LogP contribution is 2.19. The quantitative estimate of drug-likeness (QED) is 0.472. The molecule has 0 radical (unpaired) electrons. The van der Waals surface area contributed by atoms with E-state index in [-0.39, 0.29) is 37.5 Å². The summed E-state index contributed by atoms with van der Waals surface area (Å²) in [5.74, 6) is -2.08. The minimum absolute atomic E-state index is 0.0258. The molecule has 0 atom stereocenters. The average molecular weight is 299 g/mol. The molecule has 118 valence electrons. The van der Waals surface area contributed by atoms with Gasteiger partial charge in [-0.15, -0.1) is 0 Å². The zero-order valence-corrected chi connectivity index (χ0v) is 12.8. The van der Waals surface area contributed by atoms with Gasteiger partial charge >= 0.3 is 12.1 Å². The molecule has 1 heterocycles. The average Bonchev–Trinajstić information content (AvgIpc) is 2.36. The molecule has 0 unspecified atom stereocenters. The van der Waals surface area contributed by atoms with Crippen molar-refractivity contribution in [2.45, 2.75) is 39.7 Å². The van der Waals surface area contributed by atoms with Crippen LogP contribution in [0.1, 0.15) is 34.1 Å². The third-order valence-electron chi connectivity index (χ3n) is 2.70. The fourth-order valence-corrected chi connectivity index (χ4v) is 1.76. The summed E-state index contributed by atoms with van der Waals surface area (Å²) >= 11 is 0. The molecule has 0 aromatic carbocycles. The van der Waals surface area contributed by atoms with Crippen LogP contribution in [0.3, 0.4) is 0 Å². The number of nitrogens with zero attached hydrogens (tertiary/aromatic N) is 1. The van der Waals surface area contributed by atoms with Gasteiger partial charge < -0.3 is 19.5 Å². The van der Waals surface area contributed by atoms with Gasteiger partial charge in [0.15, 0.2) is 5.78 Å². The summed E-state index contributed by atoms with van der Waals surface area (Å²) in [4.78, 5) is 36.5. The van der Waals surface area contributed by atoms with Crippen LogP contribution >= 0.6 is 0 Å². The van der Waals surface area contributed by atoms with Gasteiger partial charge in [-0.3, -0.25) is 4.79 Å². The van der Waals surface area contributed by atoms with Gasteiger partial charge in [-0.2, -0.15) is 0 Å². The number of ketones is 1. The van der Waals surface area contributed by atoms with Crippen LogP contribution in [0.5, 0.6) is 0 Å². The van der Waals surface area contributed by atoms with E-state index in [1.807, 2.05) is 0 Å².